The summed E-state index contributed by atoms with van der Waals surface area (Å²) in [6.07, 6.45) is 2.86. The van der Waals surface area contributed by atoms with Crippen molar-refractivity contribution in [2.45, 2.75) is 24.8 Å². The van der Waals surface area contributed by atoms with E-state index in [1.807, 2.05) is 11.4 Å². The van der Waals surface area contributed by atoms with Crippen LogP contribution in [0.1, 0.15) is 25.5 Å². The molecule has 0 saturated heterocycles. The number of nitrogens with one attached hydrogen (secondary N) is 1. The quantitative estimate of drug-likeness (QED) is 0.795. The van der Waals surface area contributed by atoms with Crippen LogP contribution in [0.25, 0.3) is 0 Å². The second-order valence-corrected chi connectivity index (χ2v) is 7.54. The third kappa shape index (κ3) is 3.95. The molecule has 1 atom stereocenters. The highest BCUT2D eigenvalue weighted by Crippen LogP contribution is 2.22. The molecule has 0 amide bonds. The van der Waals surface area contributed by atoms with Crippen molar-refractivity contribution in [3.8, 4) is 0 Å². The number of hydrogen-bond donors (Lipinski definition) is 1. The van der Waals surface area contributed by atoms with E-state index in [1.165, 1.54) is 17.1 Å². The molecular weight excluding hydrogens is 320 g/mol. The monoisotopic (exact) mass is 342 g/mol. The van der Waals surface area contributed by atoms with E-state index < -0.39 is 10.0 Å². The molecular formula is C14H22N4O2S2. The van der Waals surface area contributed by atoms with Gasteiger partial charge >= 0.3 is 0 Å². The molecule has 22 heavy (non-hydrogen) atoms. The fourth-order valence-corrected chi connectivity index (χ4v) is 4.12. The van der Waals surface area contributed by atoms with E-state index in [0.717, 1.165) is 18.7 Å². The molecule has 0 unspecified atom stereocenters. The lowest BCUT2D eigenvalue weighted by atomic mass is 10.1. The minimum absolute atomic E-state index is 0.0349. The lowest BCUT2D eigenvalue weighted by Crippen LogP contribution is -2.37. The van der Waals surface area contributed by atoms with Crippen molar-refractivity contribution in [1.82, 2.24) is 19.4 Å². The van der Waals surface area contributed by atoms with Gasteiger partial charge in [0.25, 0.3) is 0 Å². The van der Waals surface area contributed by atoms with Gasteiger partial charge in [-0.1, -0.05) is 13.8 Å². The number of aryl methyl sites for hydroxylation is 1. The number of sulfonamides is 1. The summed E-state index contributed by atoms with van der Waals surface area (Å²) in [5, 5.41) is 8.00. The molecule has 122 valence electrons. The van der Waals surface area contributed by atoms with Gasteiger partial charge in [-0.3, -0.25) is 9.58 Å². The second-order valence-electron chi connectivity index (χ2n) is 5.00. The Bertz CT molecular complexity index is 676. The van der Waals surface area contributed by atoms with E-state index in [-0.39, 0.29) is 10.9 Å². The number of thiophene rings is 1. The summed E-state index contributed by atoms with van der Waals surface area (Å²) in [7, 11) is -1.83. The summed E-state index contributed by atoms with van der Waals surface area (Å²) in [6, 6.07) is 2.08. The van der Waals surface area contributed by atoms with E-state index >= 15 is 0 Å². The lowest BCUT2D eigenvalue weighted by Gasteiger charge is -2.29. The van der Waals surface area contributed by atoms with Gasteiger partial charge in [-0.2, -0.15) is 16.4 Å². The van der Waals surface area contributed by atoms with Gasteiger partial charge in [0.05, 0.1) is 6.20 Å². The average molecular weight is 342 g/mol. The topological polar surface area (TPSA) is 67.2 Å². The van der Waals surface area contributed by atoms with E-state index in [2.05, 4.69) is 33.9 Å². The Morgan fingerprint density at radius 2 is 2.14 bits per heavy atom. The number of hydrogen-bond acceptors (Lipinski definition) is 5. The van der Waals surface area contributed by atoms with Crippen molar-refractivity contribution in [1.29, 1.82) is 0 Å². The molecule has 2 rings (SSSR count). The molecule has 0 radical (unpaired) electrons. The Kier molecular flexibility index (Phi) is 5.74. The van der Waals surface area contributed by atoms with Crippen molar-refractivity contribution in [2.75, 3.05) is 19.6 Å². The molecule has 0 aliphatic heterocycles. The van der Waals surface area contributed by atoms with Crippen LogP contribution in [0.3, 0.4) is 0 Å². The van der Waals surface area contributed by atoms with Crippen LogP contribution in [0.5, 0.6) is 0 Å². The molecule has 0 aliphatic rings. The molecule has 0 saturated carbocycles. The first-order valence-corrected chi connectivity index (χ1v) is 9.65. The van der Waals surface area contributed by atoms with Crippen molar-refractivity contribution in [3.63, 3.8) is 0 Å². The van der Waals surface area contributed by atoms with Gasteiger partial charge in [-0.05, 0) is 35.5 Å². The Labute approximate surface area is 135 Å². The highest BCUT2D eigenvalue weighted by molar-refractivity contribution is 7.89. The van der Waals surface area contributed by atoms with Gasteiger partial charge in [0.15, 0.2) is 0 Å². The van der Waals surface area contributed by atoms with E-state index in [1.54, 1.807) is 18.4 Å². The fraction of sp³-hybridized carbons (Fsp3) is 0.500. The molecule has 0 aliphatic carbocycles. The number of likely N-dealkylation sites (N-methyl/N-ethyl adjacent to an activating group) is 1. The van der Waals surface area contributed by atoms with Gasteiger partial charge in [-0.15, -0.1) is 0 Å². The van der Waals surface area contributed by atoms with Gasteiger partial charge in [0, 0.05) is 25.8 Å². The highest BCUT2D eigenvalue weighted by Gasteiger charge is 2.22. The first-order valence-electron chi connectivity index (χ1n) is 7.22. The molecule has 1 N–H and O–H groups in total. The minimum atomic E-state index is -3.53. The third-order valence-electron chi connectivity index (χ3n) is 3.64. The van der Waals surface area contributed by atoms with E-state index in [4.69, 9.17) is 0 Å². The zero-order valence-corrected chi connectivity index (χ0v) is 14.7. The molecule has 8 heteroatoms. The third-order valence-corrected chi connectivity index (χ3v) is 5.72. The molecule has 2 aromatic heterocycles. The maximum absolute atomic E-state index is 12.3. The Hall–Kier alpha value is -1.22. The molecule has 0 fully saturated rings. The summed E-state index contributed by atoms with van der Waals surface area (Å²) in [5.74, 6) is 0. The van der Waals surface area contributed by atoms with Crippen LogP contribution < -0.4 is 4.72 Å². The Balaban J connectivity index is 2.14. The van der Waals surface area contributed by atoms with Crippen LogP contribution in [0.4, 0.5) is 0 Å². The predicted molar refractivity (Wildman–Crippen MR) is 88.4 cm³/mol. The van der Waals surface area contributed by atoms with E-state index in [9.17, 15) is 8.42 Å². The summed E-state index contributed by atoms with van der Waals surface area (Å²) in [5.41, 5.74) is 1.14. The van der Waals surface area contributed by atoms with Crippen molar-refractivity contribution >= 4 is 21.4 Å². The van der Waals surface area contributed by atoms with Gasteiger partial charge in [0.1, 0.15) is 4.90 Å². The Morgan fingerprint density at radius 3 is 2.64 bits per heavy atom. The summed E-state index contributed by atoms with van der Waals surface area (Å²) >= 11 is 1.62. The minimum Gasteiger partial charge on any atom is -0.296 e. The standard InChI is InChI=1S/C14H22N4O2S2/c1-4-18(5-2)14(12-6-7-21-11-12)9-16-22(19,20)13-8-15-17(3)10-13/h6-8,10-11,14,16H,4-5,9H2,1-3H3/t14-/m0/s1. The van der Waals surface area contributed by atoms with Crippen LogP contribution in [-0.2, 0) is 17.1 Å². The zero-order chi connectivity index (χ0) is 16.2. The highest BCUT2D eigenvalue weighted by atomic mass is 32.2. The lowest BCUT2D eigenvalue weighted by molar-refractivity contribution is 0.220. The molecule has 2 heterocycles. The summed E-state index contributed by atoms with van der Waals surface area (Å²) in [6.45, 7) is 6.24. The van der Waals surface area contributed by atoms with Gasteiger partial charge in [0.2, 0.25) is 10.0 Å². The van der Waals surface area contributed by atoms with Crippen LogP contribution >= 0.6 is 11.3 Å². The predicted octanol–water partition coefficient (Wildman–Crippen LogP) is 1.84. The normalized spacial score (nSPS) is 13.6. The first kappa shape index (κ1) is 17.1. The maximum atomic E-state index is 12.3. The molecule has 0 spiro atoms. The Morgan fingerprint density at radius 1 is 1.41 bits per heavy atom. The molecule has 6 nitrogen and oxygen atoms in total. The summed E-state index contributed by atoms with van der Waals surface area (Å²) in [4.78, 5) is 2.44. The van der Waals surface area contributed by atoms with Gasteiger partial charge in [-0.25, -0.2) is 13.1 Å². The molecule has 0 aromatic carbocycles. The van der Waals surface area contributed by atoms with Crippen LogP contribution in [-0.4, -0.2) is 42.7 Å². The van der Waals surface area contributed by atoms with Crippen molar-refractivity contribution in [3.05, 3.63) is 34.8 Å². The van der Waals surface area contributed by atoms with Crippen LogP contribution in [0, 0.1) is 0 Å². The summed E-state index contributed by atoms with van der Waals surface area (Å²) < 4.78 is 28.9. The van der Waals surface area contributed by atoms with Gasteiger partial charge < -0.3 is 0 Å². The SMILES string of the molecule is CCN(CC)[C@@H](CNS(=O)(=O)c1cnn(C)c1)c1ccsc1. The van der Waals surface area contributed by atoms with Crippen molar-refractivity contribution in [2.24, 2.45) is 7.05 Å². The number of rotatable bonds is 8. The number of nitrogens with zero attached hydrogens (tertiary/aromatic N) is 3. The molecule has 0 bridgehead atoms. The van der Waals surface area contributed by atoms with Crippen LogP contribution in [0.2, 0.25) is 0 Å². The second kappa shape index (κ2) is 7.36. The van der Waals surface area contributed by atoms with Crippen LogP contribution in [0.15, 0.2) is 34.1 Å². The number of aromatic nitrogens is 2. The average Bonchev–Trinajstić information content (AvgIpc) is 3.15. The maximum Gasteiger partial charge on any atom is 0.243 e. The first-order chi connectivity index (χ1) is 10.5. The zero-order valence-electron chi connectivity index (χ0n) is 13.1. The largest absolute Gasteiger partial charge is 0.296 e. The van der Waals surface area contributed by atoms with Crippen molar-refractivity contribution < 1.29 is 8.42 Å². The van der Waals surface area contributed by atoms with E-state index in [0.29, 0.717) is 6.54 Å². The smallest absolute Gasteiger partial charge is 0.243 e. The fourth-order valence-electron chi connectivity index (χ4n) is 2.40. The molecule has 2 aromatic rings.